The van der Waals surface area contributed by atoms with Crippen molar-refractivity contribution in [3.8, 4) is 0 Å². The lowest BCUT2D eigenvalue weighted by Gasteiger charge is -2.18. The van der Waals surface area contributed by atoms with E-state index in [2.05, 4.69) is 0 Å². The fraction of sp³-hybridized carbons (Fsp3) is 0.500. The lowest BCUT2D eigenvalue weighted by Crippen LogP contribution is -2.36. The molecule has 5 nitrogen and oxygen atoms in total. The maximum atomic E-state index is 11.1. The van der Waals surface area contributed by atoms with E-state index in [1.54, 1.807) is 22.6 Å². The van der Waals surface area contributed by atoms with Crippen molar-refractivity contribution >= 4 is 34.5 Å². The average Bonchev–Trinajstić information content (AvgIpc) is 2.66. The molecule has 2 heterocycles. The number of carbonyl (C=O) groups excluding carboxylic acids is 2. The van der Waals surface area contributed by atoms with Gasteiger partial charge in [0.05, 0.1) is 0 Å². The van der Waals surface area contributed by atoms with Gasteiger partial charge in [0.1, 0.15) is 10.0 Å². The molecule has 2 aliphatic heterocycles. The van der Waals surface area contributed by atoms with Gasteiger partial charge in [-0.1, -0.05) is 22.6 Å². The van der Waals surface area contributed by atoms with Crippen LogP contribution in [0.3, 0.4) is 0 Å². The van der Waals surface area contributed by atoms with E-state index in [0.717, 1.165) is 0 Å². The molecule has 0 aromatic heterocycles. The number of rotatable bonds is 1. The number of halogens is 1. The van der Waals surface area contributed by atoms with Crippen LogP contribution in [0.1, 0.15) is 0 Å². The van der Waals surface area contributed by atoms with Gasteiger partial charge in [0, 0.05) is 6.08 Å². The molecule has 76 valence electrons. The molecule has 0 aromatic carbocycles. The monoisotopic (exact) mass is 310 g/mol. The van der Waals surface area contributed by atoms with Crippen LogP contribution in [-0.2, 0) is 19.1 Å². The molecule has 1 fully saturated rings. The number of carbonyl (C=O) groups is 2. The third-order valence-corrected chi connectivity index (χ3v) is 3.36. The van der Waals surface area contributed by atoms with Crippen LogP contribution in [0, 0.1) is 0 Å². The Labute approximate surface area is 93.2 Å². The molecule has 0 amide bonds. The summed E-state index contributed by atoms with van der Waals surface area (Å²) in [5.74, 6) is -0.949. The molecule has 0 aliphatic carbocycles. The lowest BCUT2D eigenvalue weighted by molar-refractivity contribution is -0.154. The Morgan fingerprint density at radius 3 is 2.50 bits per heavy atom. The highest BCUT2D eigenvalue weighted by Crippen LogP contribution is 2.28. The molecular weight excluding hydrogens is 303 g/mol. The number of aliphatic hydroxyl groups excluding tert-OH is 1. The van der Waals surface area contributed by atoms with Crippen molar-refractivity contribution in [2.24, 2.45) is 0 Å². The van der Waals surface area contributed by atoms with Crippen LogP contribution < -0.4 is 0 Å². The van der Waals surface area contributed by atoms with Gasteiger partial charge in [0.2, 0.25) is 0 Å². The Morgan fingerprint density at radius 1 is 1.36 bits per heavy atom. The molecule has 6 heteroatoms. The molecule has 1 N–H and O–H groups in total. The second-order valence-corrected chi connectivity index (χ2v) is 4.40. The summed E-state index contributed by atoms with van der Waals surface area (Å²) >= 11 is 1.80. The number of cyclic esters (lactones) is 2. The van der Waals surface area contributed by atoms with Crippen LogP contribution in [0.25, 0.3) is 0 Å². The number of alkyl halides is 1. The van der Waals surface area contributed by atoms with Crippen molar-refractivity contribution in [2.45, 2.75) is 22.2 Å². The minimum atomic E-state index is -0.927. The summed E-state index contributed by atoms with van der Waals surface area (Å²) in [6.45, 7) is 0. The number of hydrogen-bond acceptors (Lipinski definition) is 5. The van der Waals surface area contributed by atoms with Crippen LogP contribution in [-0.4, -0.2) is 39.3 Å². The van der Waals surface area contributed by atoms with E-state index in [0.29, 0.717) is 0 Å². The van der Waals surface area contributed by atoms with Crippen molar-refractivity contribution < 1.29 is 24.2 Å². The Morgan fingerprint density at radius 2 is 2.07 bits per heavy atom. The Bertz CT molecular complexity index is 313. The van der Waals surface area contributed by atoms with Crippen molar-refractivity contribution in [1.29, 1.82) is 0 Å². The molecule has 2 rings (SSSR count). The normalized spacial score (nSPS) is 41.3. The molecule has 0 radical (unpaired) electrons. The smallest absolute Gasteiger partial charge is 0.331 e. The Hall–Kier alpha value is -0.630. The first-order valence-corrected chi connectivity index (χ1v) is 5.25. The standard InChI is InChI=1S/C8H7IO5/c9-5-6(11)7(14-8(5)12)3-1-2-4(10)13-3/h1-3,5-7,11H/t3-,5-,6-,7+/m1/s1. The molecule has 4 atom stereocenters. The van der Waals surface area contributed by atoms with Crippen molar-refractivity contribution in [3.05, 3.63) is 12.2 Å². The largest absolute Gasteiger partial charge is 0.454 e. The molecule has 14 heavy (non-hydrogen) atoms. The van der Waals surface area contributed by atoms with Gasteiger partial charge >= 0.3 is 11.9 Å². The van der Waals surface area contributed by atoms with Crippen LogP contribution in [0.15, 0.2) is 12.2 Å². The zero-order valence-electron chi connectivity index (χ0n) is 6.92. The summed E-state index contributed by atoms with van der Waals surface area (Å²) in [6, 6.07) is 0. The Balaban J connectivity index is 2.10. The van der Waals surface area contributed by atoms with Crippen molar-refractivity contribution in [1.82, 2.24) is 0 Å². The summed E-state index contributed by atoms with van der Waals surface area (Å²) in [6.07, 6.45) is 0.390. The molecular formula is C8H7IO5. The SMILES string of the molecule is O=C1C=C[C@H]([C@@H]2OC(=O)[C@H](I)[C@H]2O)O1. The van der Waals surface area contributed by atoms with E-state index in [4.69, 9.17) is 9.47 Å². The second kappa shape index (κ2) is 3.50. The summed E-state index contributed by atoms with van der Waals surface area (Å²) in [5, 5.41) is 9.60. The van der Waals surface area contributed by atoms with Crippen molar-refractivity contribution in [3.63, 3.8) is 0 Å². The first-order chi connectivity index (χ1) is 6.59. The molecule has 0 bridgehead atoms. The van der Waals surface area contributed by atoms with E-state index in [-0.39, 0.29) is 0 Å². The quantitative estimate of drug-likeness (QED) is 0.404. The molecule has 0 spiro atoms. The predicted octanol–water partition coefficient (Wildman–Crippen LogP) is -0.442. The third kappa shape index (κ3) is 1.52. The predicted molar refractivity (Wildman–Crippen MR) is 52.7 cm³/mol. The van der Waals surface area contributed by atoms with Crippen LogP contribution >= 0.6 is 22.6 Å². The maximum Gasteiger partial charge on any atom is 0.331 e. The van der Waals surface area contributed by atoms with Crippen LogP contribution in [0.4, 0.5) is 0 Å². The molecule has 0 unspecified atom stereocenters. The second-order valence-electron chi connectivity index (χ2n) is 3.05. The number of aliphatic hydroxyl groups is 1. The topological polar surface area (TPSA) is 72.8 Å². The fourth-order valence-corrected chi connectivity index (χ4v) is 1.95. The van der Waals surface area contributed by atoms with E-state index in [1.807, 2.05) is 0 Å². The van der Waals surface area contributed by atoms with Crippen LogP contribution in [0.2, 0.25) is 0 Å². The molecule has 0 saturated carbocycles. The first kappa shape index (κ1) is 9.91. The summed E-state index contributed by atoms with van der Waals surface area (Å²) in [5.41, 5.74) is 0. The van der Waals surface area contributed by atoms with E-state index < -0.39 is 34.2 Å². The number of esters is 2. The lowest BCUT2D eigenvalue weighted by atomic mass is 10.1. The number of ether oxygens (including phenoxy) is 2. The first-order valence-electron chi connectivity index (χ1n) is 4.01. The molecule has 2 aliphatic rings. The minimum Gasteiger partial charge on any atom is -0.454 e. The van der Waals surface area contributed by atoms with Gasteiger partial charge in [-0.2, -0.15) is 0 Å². The van der Waals surface area contributed by atoms with Crippen LogP contribution in [0.5, 0.6) is 0 Å². The molecule has 0 aromatic rings. The highest BCUT2D eigenvalue weighted by atomic mass is 127. The van der Waals surface area contributed by atoms with Gasteiger partial charge in [-0.25, -0.2) is 4.79 Å². The fourth-order valence-electron chi connectivity index (χ4n) is 1.40. The zero-order chi connectivity index (χ0) is 10.3. The summed E-state index contributed by atoms with van der Waals surface area (Å²) in [4.78, 5) is 21.8. The van der Waals surface area contributed by atoms with Gasteiger partial charge in [-0.15, -0.1) is 0 Å². The average molecular weight is 310 g/mol. The summed E-state index contributed by atoms with van der Waals surface area (Å²) < 4.78 is 9.12. The maximum absolute atomic E-state index is 11.1. The third-order valence-electron chi connectivity index (χ3n) is 2.11. The van der Waals surface area contributed by atoms with E-state index in [9.17, 15) is 14.7 Å². The van der Waals surface area contributed by atoms with Crippen molar-refractivity contribution in [2.75, 3.05) is 0 Å². The van der Waals surface area contributed by atoms with Gasteiger partial charge in [0.15, 0.2) is 12.2 Å². The van der Waals surface area contributed by atoms with Gasteiger partial charge in [0.25, 0.3) is 0 Å². The van der Waals surface area contributed by atoms with Gasteiger partial charge in [-0.3, -0.25) is 4.79 Å². The van der Waals surface area contributed by atoms with E-state index >= 15 is 0 Å². The van der Waals surface area contributed by atoms with Gasteiger partial charge < -0.3 is 14.6 Å². The zero-order valence-corrected chi connectivity index (χ0v) is 9.08. The Kier molecular flexibility index (Phi) is 2.48. The van der Waals surface area contributed by atoms with E-state index in [1.165, 1.54) is 12.2 Å². The highest BCUT2D eigenvalue weighted by molar-refractivity contribution is 14.1. The number of hydrogen-bond donors (Lipinski definition) is 1. The minimum absolute atomic E-state index is 0.473. The van der Waals surface area contributed by atoms with Gasteiger partial charge in [-0.05, 0) is 6.08 Å². The summed E-state index contributed by atoms with van der Waals surface area (Å²) in [7, 11) is 0. The highest BCUT2D eigenvalue weighted by Gasteiger charge is 2.47. The molecule has 1 saturated heterocycles.